The summed E-state index contributed by atoms with van der Waals surface area (Å²) in [5.41, 5.74) is 0. The molecule has 2 aliphatic heterocycles. The summed E-state index contributed by atoms with van der Waals surface area (Å²) in [6.07, 6.45) is 0. The number of imide groups is 1. The standard InChI is InChI=1S/C7H11N3O2.ClH/c11-6-3-9-7(12)10(6)4-5-1-8-2-5;/h5,8H,1-4H2,(H,9,12);1H. The maximum Gasteiger partial charge on any atom is 0.324 e. The quantitative estimate of drug-likeness (QED) is 0.579. The van der Waals surface area contributed by atoms with Crippen LogP contribution in [0.5, 0.6) is 0 Å². The molecule has 0 unspecified atom stereocenters. The molecule has 0 atom stereocenters. The molecule has 2 N–H and O–H groups in total. The Bertz CT molecular complexity index is 214. The maximum absolute atomic E-state index is 11.1. The molecule has 2 rings (SSSR count). The van der Waals surface area contributed by atoms with Crippen molar-refractivity contribution in [3.8, 4) is 0 Å². The van der Waals surface area contributed by atoms with Gasteiger partial charge in [0.25, 0.3) is 0 Å². The van der Waals surface area contributed by atoms with E-state index in [9.17, 15) is 9.59 Å². The third kappa shape index (κ3) is 1.92. The Hall–Kier alpha value is -0.810. The Kier molecular flexibility index (Phi) is 3.11. The first-order chi connectivity index (χ1) is 5.77. The highest BCUT2D eigenvalue weighted by Crippen LogP contribution is 2.08. The summed E-state index contributed by atoms with van der Waals surface area (Å²) in [6.45, 7) is 2.56. The van der Waals surface area contributed by atoms with Crippen molar-refractivity contribution in [3.63, 3.8) is 0 Å². The van der Waals surface area contributed by atoms with Crippen molar-refractivity contribution in [1.82, 2.24) is 15.5 Å². The Morgan fingerprint density at radius 3 is 2.46 bits per heavy atom. The molecule has 0 aromatic heterocycles. The molecule has 2 aliphatic rings. The van der Waals surface area contributed by atoms with Crippen molar-refractivity contribution < 1.29 is 9.59 Å². The van der Waals surface area contributed by atoms with E-state index < -0.39 is 0 Å². The molecule has 2 heterocycles. The molecule has 2 saturated heterocycles. The average molecular weight is 206 g/mol. The van der Waals surface area contributed by atoms with E-state index in [1.165, 1.54) is 4.90 Å². The van der Waals surface area contributed by atoms with E-state index in [4.69, 9.17) is 0 Å². The van der Waals surface area contributed by atoms with Crippen molar-refractivity contribution in [2.24, 2.45) is 5.92 Å². The molecule has 0 saturated carbocycles. The van der Waals surface area contributed by atoms with Gasteiger partial charge in [0.15, 0.2) is 0 Å². The lowest BCUT2D eigenvalue weighted by Crippen LogP contribution is -2.49. The number of nitrogens with zero attached hydrogens (tertiary/aromatic N) is 1. The molecule has 0 aromatic rings. The molecule has 13 heavy (non-hydrogen) atoms. The van der Waals surface area contributed by atoms with Crippen LogP contribution in [0.1, 0.15) is 0 Å². The minimum atomic E-state index is -0.244. The highest BCUT2D eigenvalue weighted by molar-refractivity contribution is 6.01. The fourth-order valence-corrected chi connectivity index (χ4v) is 1.38. The first-order valence-corrected chi connectivity index (χ1v) is 4.06. The fraction of sp³-hybridized carbons (Fsp3) is 0.714. The van der Waals surface area contributed by atoms with Gasteiger partial charge in [0.05, 0.1) is 6.54 Å². The average Bonchev–Trinajstić information content (AvgIpc) is 2.25. The van der Waals surface area contributed by atoms with Crippen molar-refractivity contribution in [3.05, 3.63) is 0 Å². The van der Waals surface area contributed by atoms with Gasteiger partial charge in [-0.2, -0.15) is 0 Å². The first-order valence-electron chi connectivity index (χ1n) is 4.06. The number of urea groups is 1. The molecule has 0 aliphatic carbocycles. The fourth-order valence-electron chi connectivity index (χ4n) is 1.38. The number of hydrogen-bond donors (Lipinski definition) is 2. The predicted molar refractivity (Wildman–Crippen MR) is 48.7 cm³/mol. The van der Waals surface area contributed by atoms with Gasteiger partial charge in [0, 0.05) is 25.6 Å². The van der Waals surface area contributed by atoms with E-state index in [0.29, 0.717) is 12.5 Å². The highest BCUT2D eigenvalue weighted by atomic mass is 35.5. The molecule has 0 spiro atoms. The number of halogens is 1. The van der Waals surface area contributed by atoms with E-state index in [0.717, 1.165) is 13.1 Å². The van der Waals surface area contributed by atoms with Gasteiger partial charge in [0.2, 0.25) is 5.91 Å². The van der Waals surface area contributed by atoms with E-state index in [-0.39, 0.29) is 30.9 Å². The Morgan fingerprint density at radius 1 is 1.38 bits per heavy atom. The second-order valence-corrected chi connectivity index (χ2v) is 3.19. The van der Waals surface area contributed by atoms with E-state index in [1.807, 2.05) is 0 Å². The number of hydrogen-bond acceptors (Lipinski definition) is 3. The van der Waals surface area contributed by atoms with Gasteiger partial charge >= 0.3 is 6.03 Å². The van der Waals surface area contributed by atoms with Crippen molar-refractivity contribution >= 4 is 24.3 Å². The predicted octanol–water partition coefficient (Wildman–Crippen LogP) is -0.821. The summed E-state index contributed by atoms with van der Waals surface area (Å²) in [6, 6.07) is -0.244. The van der Waals surface area contributed by atoms with E-state index >= 15 is 0 Å². The number of carbonyl (C=O) groups excluding carboxylic acids is 2. The molecule has 5 nitrogen and oxygen atoms in total. The molecule has 3 amide bonds. The Morgan fingerprint density at radius 2 is 2.08 bits per heavy atom. The van der Waals surface area contributed by atoms with Gasteiger partial charge in [-0.15, -0.1) is 12.4 Å². The number of amides is 3. The highest BCUT2D eigenvalue weighted by Gasteiger charge is 2.31. The molecular weight excluding hydrogens is 194 g/mol. The smallest absolute Gasteiger partial charge is 0.324 e. The summed E-state index contributed by atoms with van der Waals surface area (Å²) in [4.78, 5) is 23.4. The van der Waals surface area contributed by atoms with Gasteiger partial charge in [0.1, 0.15) is 0 Å². The molecule has 6 heteroatoms. The second-order valence-electron chi connectivity index (χ2n) is 3.19. The summed E-state index contributed by atoms with van der Waals surface area (Å²) in [7, 11) is 0. The van der Waals surface area contributed by atoms with Crippen molar-refractivity contribution in [2.75, 3.05) is 26.2 Å². The minimum absolute atomic E-state index is 0. The summed E-state index contributed by atoms with van der Waals surface area (Å²) in [5.74, 6) is 0.352. The minimum Gasteiger partial charge on any atom is -0.329 e. The third-order valence-electron chi connectivity index (χ3n) is 2.24. The van der Waals surface area contributed by atoms with E-state index in [1.54, 1.807) is 0 Å². The SMILES string of the molecule is Cl.O=C1CNC(=O)N1CC1CNC1. The molecule has 0 radical (unpaired) electrons. The largest absolute Gasteiger partial charge is 0.329 e. The van der Waals surface area contributed by atoms with Gasteiger partial charge in [-0.25, -0.2) is 4.79 Å². The second kappa shape index (κ2) is 3.93. The lowest BCUT2D eigenvalue weighted by molar-refractivity contribution is -0.125. The topological polar surface area (TPSA) is 61.4 Å². The van der Waals surface area contributed by atoms with Crippen LogP contribution in [0.4, 0.5) is 4.79 Å². The van der Waals surface area contributed by atoms with Gasteiger partial charge in [-0.05, 0) is 0 Å². The first kappa shape index (κ1) is 10.3. The van der Waals surface area contributed by atoms with Crippen LogP contribution in [0, 0.1) is 5.92 Å². The molecular formula is C7H12ClN3O2. The lowest BCUT2D eigenvalue weighted by Gasteiger charge is -2.29. The maximum atomic E-state index is 11.1. The van der Waals surface area contributed by atoms with Crippen LogP contribution in [-0.2, 0) is 4.79 Å². The normalized spacial score (nSPS) is 22.3. The Balaban J connectivity index is 0.000000845. The summed E-state index contributed by atoms with van der Waals surface area (Å²) < 4.78 is 0. The molecule has 0 aromatic carbocycles. The summed E-state index contributed by atoms with van der Waals surface area (Å²) >= 11 is 0. The molecule has 2 fully saturated rings. The zero-order valence-corrected chi connectivity index (χ0v) is 7.89. The number of nitrogens with one attached hydrogen (secondary N) is 2. The van der Waals surface area contributed by atoms with Gasteiger partial charge < -0.3 is 10.6 Å². The van der Waals surface area contributed by atoms with Crippen LogP contribution in [-0.4, -0.2) is 43.0 Å². The third-order valence-corrected chi connectivity index (χ3v) is 2.24. The molecule has 74 valence electrons. The zero-order valence-electron chi connectivity index (χ0n) is 7.08. The lowest BCUT2D eigenvalue weighted by atomic mass is 10.0. The van der Waals surface area contributed by atoms with Crippen LogP contribution < -0.4 is 10.6 Å². The van der Waals surface area contributed by atoms with Crippen molar-refractivity contribution in [2.45, 2.75) is 0 Å². The van der Waals surface area contributed by atoms with Crippen LogP contribution in [0.25, 0.3) is 0 Å². The number of rotatable bonds is 2. The van der Waals surface area contributed by atoms with Crippen LogP contribution in [0.2, 0.25) is 0 Å². The summed E-state index contributed by atoms with van der Waals surface area (Å²) in [5, 5.41) is 5.59. The van der Waals surface area contributed by atoms with Gasteiger partial charge in [-0.1, -0.05) is 0 Å². The van der Waals surface area contributed by atoms with Crippen molar-refractivity contribution in [1.29, 1.82) is 0 Å². The van der Waals surface area contributed by atoms with Crippen LogP contribution >= 0.6 is 12.4 Å². The zero-order chi connectivity index (χ0) is 8.55. The van der Waals surface area contributed by atoms with Crippen LogP contribution in [0.3, 0.4) is 0 Å². The Labute approximate surface area is 82.3 Å². The number of carbonyl (C=O) groups is 2. The monoisotopic (exact) mass is 205 g/mol. The molecule has 0 bridgehead atoms. The van der Waals surface area contributed by atoms with Crippen LogP contribution in [0.15, 0.2) is 0 Å². The van der Waals surface area contributed by atoms with E-state index in [2.05, 4.69) is 10.6 Å². The van der Waals surface area contributed by atoms with Gasteiger partial charge in [-0.3, -0.25) is 9.69 Å².